The predicted octanol–water partition coefficient (Wildman–Crippen LogP) is 3.61. The van der Waals surface area contributed by atoms with Crippen molar-refractivity contribution in [2.24, 2.45) is 4.99 Å². The molecule has 0 aliphatic heterocycles. The van der Waals surface area contributed by atoms with E-state index < -0.39 is 0 Å². The van der Waals surface area contributed by atoms with Crippen LogP contribution in [0, 0.1) is 0 Å². The van der Waals surface area contributed by atoms with E-state index in [-0.39, 0.29) is 6.10 Å². The van der Waals surface area contributed by atoms with Crippen molar-refractivity contribution in [3.05, 3.63) is 47.8 Å². The maximum absolute atomic E-state index is 6.09. The van der Waals surface area contributed by atoms with Crippen LogP contribution in [-0.4, -0.2) is 44.9 Å². The molecule has 7 heteroatoms. The Bertz CT molecular complexity index is 898. The number of ether oxygens (including phenoxy) is 1. The molecular formula is C19H24N6O. The fraction of sp³-hybridized carbons (Fsp3) is 0.368. The number of aliphatic imine (C=N–C) groups is 1. The van der Waals surface area contributed by atoms with E-state index in [0.29, 0.717) is 17.6 Å². The van der Waals surface area contributed by atoms with E-state index in [9.17, 15) is 0 Å². The Hall–Kier alpha value is -2.96. The van der Waals surface area contributed by atoms with Crippen molar-refractivity contribution in [3.8, 4) is 5.75 Å². The average Bonchev–Trinajstić information content (AvgIpc) is 3.03. The molecule has 2 aromatic heterocycles. The van der Waals surface area contributed by atoms with Gasteiger partial charge in [0.05, 0.1) is 12.0 Å². The minimum atomic E-state index is -0.210. The van der Waals surface area contributed by atoms with E-state index in [2.05, 4.69) is 46.0 Å². The molecule has 3 rings (SSSR count). The smallest absolute Gasteiger partial charge is 0.272 e. The van der Waals surface area contributed by atoms with Crippen LogP contribution >= 0.6 is 0 Å². The van der Waals surface area contributed by atoms with Crippen molar-refractivity contribution in [1.82, 2.24) is 24.5 Å². The number of fused-ring (bicyclic) bond motifs is 1. The van der Waals surface area contributed by atoms with Gasteiger partial charge in [0, 0.05) is 20.3 Å². The van der Waals surface area contributed by atoms with Crippen molar-refractivity contribution < 1.29 is 4.74 Å². The zero-order valence-corrected chi connectivity index (χ0v) is 15.8. The van der Waals surface area contributed by atoms with Crippen LogP contribution in [0.5, 0.6) is 5.75 Å². The fourth-order valence-corrected chi connectivity index (χ4v) is 2.53. The second-order valence-corrected chi connectivity index (χ2v) is 6.69. The first-order valence-electron chi connectivity index (χ1n) is 8.63. The minimum Gasteiger partial charge on any atom is -0.484 e. The number of benzene rings is 1. The van der Waals surface area contributed by atoms with Gasteiger partial charge in [0.1, 0.15) is 11.9 Å². The number of hydrogen-bond donors (Lipinski definition) is 0. The number of rotatable bonds is 6. The van der Waals surface area contributed by atoms with Crippen molar-refractivity contribution in [3.63, 3.8) is 0 Å². The Labute approximate surface area is 153 Å². The van der Waals surface area contributed by atoms with Gasteiger partial charge in [0.15, 0.2) is 0 Å². The molecule has 0 aliphatic carbocycles. The highest BCUT2D eigenvalue weighted by atomic mass is 16.5. The Morgan fingerprint density at radius 1 is 1.12 bits per heavy atom. The third-order valence-electron chi connectivity index (χ3n) is 3.94. The van der Waals surface area contributed by atoms with Gasteiger partial charge in [0.2, 0.25) is 0 Å². The second kappa shape index (κ2) is 7.51. The van der Waals surface area contributed by atoms with Crippen molar-refractivity contribution in [2.45, 2.75) is 32.8 Å². The third kappa shape index (κ3) is 3.99. The molecule has 1 unspecified atom stereocenters. The summed E-state index contributed by atoms with van der Waals surface area (Å²) >= 11 is 0. The van der Waals surface area contributed by atoms with Crippen LogP contribution in [-0.2, 0) is 0 Å². The van der Waals surface area contributed by atoms with E-state index in [0.717, 1.165) is 11.4 Å². The van der Waals surface area contributed by atoms with Crippen molar-refractivity contribution >= 4 is 18.1 Å². The monoisotopic (exact) mass is 352 g/mol. The van der Waals surface area contributed by atoms with Gasteiger partial charge >= 0.3 is 0 Å². The Morgan fingerprint density at radius 3 is 2.50 bits per heavy atom. The van der Waals surface area contributed by atoms with Crippen LogP contribution in [0.3, 0.4) is 0 Å². The molecule has 0 bridgehead atoms. The largest absolute Gasteiger partial charge is 0.484 e. The predicted molar refractivity (Wildman–Crippen MR) is 102 cm³/mol. The van der Waals surface area contributed by atoms with Gasteiger partial charge in [-0.25, -0.2) is 9.98 Å². The first-order valence-corrected chi connectivity index (χ1v) is 8.63. The summed E-state index contributed by atoms with van der Waals surface area (Å²) in [4.78, 5) is 14.6. The van der Waals surface area contributed by atoms with Gasteiger partial charge in [0.25, 0.3) is 11.7 Å². The van der Waals surface area contributed by atoms with E-state index in [1.54, 1.807) is 17.1 Å². The third-order valence-corrected chi connectivity index (χ3v) is 3.94. The summed E-state index contributed by atoms with van der Waals surface area (Å²) in [5, 5.41) is 4.42. The Kier molecular flexibility index (Phi) is 5.16. The van der Waals surface area contributed by atoms with Gasteiger partial charge in [-0.3, -0.25) is 0 Å². The Balaban J connectivity index is 1.84. The van der Waals surface area contributed by atoms with Gasteiger partial charge < -0.3 is 9.64 Å². The molecule has 0 saturated heterocycles. The fourth-order valence-electron chi connectivity index (χ4n) is 2.53. The van der Waals surface area contributed by atoms with Crippen molar-refractivity contribution in [2.75, 3.05) is 14.1 Å². The molecule has 3 aromatic rings. The molecule has 0 aliphatic rings. The van der Waals surface area contributed by atoms with Crippen LogP contribution in [0.15, 0.2) is 41.5 Å². The molecular weight excluding hydrogens is 328 g/mol. The first kappa shape index (κ1) is 17.8. The van der Waals surface area contributed by atoms with Gasteiger partial charge in [-0.15, -0.1) is 5.10 Å². The maximum atomic E-state index is 6.09. The van der Waals surface area contributed by atoms with Gasteiger partial charge in [-0.1, -0.05) is 26.0 Å². The molecule has 1 aromatic carbocycles. The normalized spacial score (nSPS) is 12.8. The molecule has 1 atom stereocenters. The zero-order valence-electron chi connectivity index (χ0n) is 15.8. The van der Waals surface area contributed by atoms with Crippen LogP contribution in [0.4, 0.5) is 5.95 Å². The number of nitrogens with zero attached hydrogens (tertiary/aromatic N) is 6. The molecule has 26 heavy (non-hydrogen) atoms. The Morgan fingerprint density at radius 2 is 1.85 bits per heavy atom. The molecule has 0 N–H and O–H groups in total. The standard InChI is InChI=1S/C19H24N6O/c1-13(2)15-6-8-16(9-7-15)26-14(3)17-10-11-20-19-22-18(23-25(17)19)21-12-24(4)5/h6-14H,1-5H3/b21-12+. The average molecular weight is 352 g/mol. The summed E-state index contributed by atoms with van der Waals surface area (Å²) in [6.45, 7) is 6.33. The van der Waals surface area contributed by atoms with E-state index in [4.69, 9.17) is 4.74 Å². The van der Waals surface area contributed by atoms with E-state index >= 15 is 0 Å². The highest BCUT2D eigenvalue weighted by Gasteiger charge is 2.15. The number of hydrogen-bond acceptors (Lipinski definition) is 5. The molecule has 7 nitrogen and oxygen atoms in total. The quantitative estimate of drug-likeness (QED) is 0.501. The summed E-state index contributed by atoms with van der Waals surface area (Å²) in [5.74, 6) is 2.18. The molecule has 0 amide bonds. The lowest BCUT2D eigenvalue weighted by atomic mass is 10.0. The summed E-state index contributed by atoms with van der Waals surface area (Å²) < 4.78 is 7.76. The maximum Gasteiger partial charge on any atom is 0.272 e. The topological polar surface area (TPSA) is 67.9 Å². The lowest BCUT2D eigenvalue weighted by Gasteiger charge is -2.16. The van der Waals surface area contributed by atoms with Crippen molar-refractivity contribution in [1.29, 1.82) is 0 Å². The molecule has 0 saturated carbocycles. The van der Waals surface area contributed by atoms with Crippen LogP contribution < -0.4 is 4.74 Å². The molecule has 2 heterocycles. The summed E-state index contributed by atoms with van der Waals surface area (Å²) in [6.07, 6.45) is 3.16. The lowest BCUT2D eigenvalue weighted by molar-refractivity contribution is 0.218. The minimum absolute atomic E-state index is 0.210. The second-order valence-electron chi connectivity index (χ2n) is 6.69. The van der Waals surface area contributed by atoms with Gasteiger partial charge in [-0.05, 0) is 36.6 Å². The molecule has 136 valence electrons. The van der Waals surface area contributed by atoms with Crippen LogP contribution in [0.1, 0.15) is 44.1 Å². The first-order chi connectivity index (χ1) is 12.4. The van der Waals surface area contributed by atoms with Crippen LogP contribution in [0.25, 0.3) is 5.78 Å². The molecule has 0 spiro atoms. The zero-order chi connectivity index (χ0) is 18.7. The van der Waals surface area contributed by atoms with Crippen LogP contribution in [0.2, 0.25) is 0 Å². The number of aromatic nitrogens is 4. The molecule has 0 radical (unpaired) electrons. The highest BCUT2D eigenvalue weighted by molar-refractivity contribution is 5.58. The van der Waals surface area contributed by atoms with Gasteiger partial charge in [-0.2, -0.15) is 9.50 Å². The lowest BCUT2D eigenvalue weighted by Crippen LogP contribution is -2.10. The summed E-state index contributed by atoms with van der Waals surface area (Å²) in [7, 11) is 3.78. The highest BCUT2D eigenvalue weighted by Crippen LogP contribution is 2.24. The summed E-state index contributed by atoms with van der Waals surface area (Å²) in [5.41, 5.74) is 2.15. The van der Waals surface area contributed by atoms with E-state index in [1.165, 1.54) is 5.56 Å². The molecule has 0 fully saturated rings. The summed E-state index contributed by atoms with van der Waals surface area (Å²) in [6, 6.07) is 10.1. The SMILES string of the molecule is CC(C)c1ccc(OC(C)c2ccnc3nc(/N=C/N(C)C)nn23)cc1. The van der Waals surface area contributed by atoms with E-state index in [1.807, 2.05) is 44.1 Å².